The molecule has 2 N–H and O–H groups in total. The normalized spacial score (nSPS) is 17.4. The van der Waals surface area contributed by atoms with E-state index in [1.807, 2.05) is 13.2 Å². The molecule has 0 unspecified atom stereocenters. The van der Waals surface area contributed by atoms with E-state index in [0.29, 0.717) is 6.04 Å². The molecular weight excluding hydrogens is 454 g/mol. The molecule has 0 bridgehead atoms. The Morgan fingerprint density at radius 2 is 1.83 bits per heavy atom. The summed E-state index contributed by atoms with van der Waals surface area (Å²) in [5, 5.41) is 6.85. The summed E-state index contributed by atoms with van der Waals surface area (Å²) in [5.41, 5.74) is 5.65. The number of nitrogens with one attached hydrogen (secondary N) is 2. The third kappa shape index (κ3) is 4.90. The highest BCUT2D eigenvalue weighted by Gasteiger charge is 2.22. The van der Waals surface area contributed by atoms with Gasteiger partial charge in [0.15, 0.2) is 5.82 Å². The van der Waals surface area contributed by atoms with Gasteiger partial charge in [0.25, 0.3) is 0 Å². The number of aryl methyl sites for hydroxylation is 1. The van der Waals surface area contributed by atoms with Gasteiger partial charge in [-0.25, -0.2) is 15.0 Å². The number of fused-ring (bicyclic) bond motifs is 1. The van der Waals surface area contributed by atoms with Gasteiger partial charge in [0.2, 0.25) is 0 Å². The Bertz CT molecular complexity index is 1200. The molecule has 5 rings (SSSR count). The number of nitrogens with zero attached hydrogens (tertiary/aromatic N) is 5. The van der Waals surface area contributed by atoms with E-state index in [0.717, 1.165) is 110 Å². The summed E-state index contributed by atoms with van der Waals surface area (Å²) in [7, 11) is 5.78. The first-order valence-electron chi connectivity index (χ1n) is 12.9. The number of benzene rings is 1. The second-order valence-corrected chi connectivity index (χ2v) is 9.55. The molecule has 0 saturated carbocycles. The van der Waals surface area contributed by atoms with Crippen molar-refractivity contribution in [1.82, 2.24) is 19.9 Å². The maximum absolute atomic E-state index is 5.86. The quantitative estimate of drug-likeness (QED) is 0.514. The molecule has 9 nitrogen and oxygen atoms in total. The fourth-order valence-corrected chi connectivity index (χ4v) is 5.02. The van der Waals surface area contributed by atoms with Crippen molar-refractivity contribution in [2.24, 2.45) is 0 Å². The van der Waals surface area contributed by atoms with Gasteiger partial charge < -0.3 is 29.9 Å². The van der Waals surface area contributed by atoms with E-state index >= 15 is 0 Å². The number of aromatic nitrogens is 3. The number of hydrogen-bond acceptors (Lipinski definition) is 9. The Morgan fingerprint density at radius 3 is 2.53 bits per heavy atom. The first-order chi connectivity index (χ1) is 17.6. The van der Waals surface area contributed by atoms with Crippen LogP contribution in [0.4, 0.5) is 17.3 Å². The van der Waals surface area contributed by atoms with Gasteiger partial charge in [-0.3, -0.25) is 0 Å². The fourth-order valence-electron chi connectivity index (χ4n) is 5.02. The average molecular weight is 492 g/mol. The molecule has 2 fully saturated rings. The van der Waals surface area contributed by atoms with Gasteiger partial charge in [-0.15, -0.1) is 0 Å². The van der Waals surface area contributed by atoms with Crippen LogP contribution in [0.25, 0.3) is 22.2 Å². The van der Waals surface area contributed by atoms with Crippen LogP contribution < -0.4 is 20.3 Å². The van der Waals surface area contributed by atoms with Crippen molar-refractivity contribution < 1.29 is 9.47 Å². The molecule has 2 saturated heterocycles. The van der Waals surface area contributed by atoms with Crippen LogP contribution in [0, 0.1) is 0 Å². The van der Waals surface area contributed by atoms with Crippen LogP contribution in [0.2, 0.25) is 0 Å². The number of piperazine rings is 1. The van der Waals surface area contributed by atoms with Crippen LogP contribution in [0.1, 0.15) is 25.5 Å². The lowest BCUT2D eigenvalue weighted by atomic mass is 10.0. The third-order valence-electron chi connectivity index (χ3n) is 7.24. The van der Waals surface area contributed by atoms with Gasteiger partial charge in [-0.1, -0.05) is 13.0 Å². The summed E-state index contributed by atoms with van der Waals surface area (Å²) in [4.78, 5) is 19.6. The molecular formula is C27H37N7O2. The van der Waals surface area contributed by atoms with Crippen molar-refractivity contribution >= 4 is 28.4 Å². The minimum absolute atomic E-state index is 0.341. The zero-order valence-corrected chi connectivity index (χ0v) is 21.8. The fraction of sp³-hybridized carbons (Fsp3) is 0.519. The second-order valence-electron chi connectivity index (χ2n) is 9.55. The zero-order chi connectivity index (χ0) is 25.1. The highest BCUT2D eigenvalue weighted by atomic mass is 16.5. The first kappa shape index (κ1) is 24.5. The predicted molar refractivity (Wildman–Crippen MR) is 145 cm³/mol. The van der Waals surface area contributed by atoms with Crippen molar-refractivity contribution in [3.8, 4) is 16.9 Å². The highest BCUT2D eigenvalue weighted by molar-refractivity contribution is 5.98. The predicted octanol–water partition coefficient (Wildman–Crippen LogP) is 3.65. The zero-order valence-electron chi connectivity index (χ0n) is 21.8. The van der Waals surface area contributed by atoms with Gasteiger partial charge >= 0.3 is 0 Å². The van der Waals surface area contributed by atoms with Crippen LogP contribution in [0.15, 0.2) is 24.4 Å². The van der Waals surface area contributed by atoms with E-state index in [9.17, 15) is 0 Å². The highest BCUT2D eigenvalue weighted by Crippen LogP contribution is 2.37. The summed E-state index contributed by atoms with van der Waals surface area (Å²) in [6.07, 6.45) is 4.62. The standard InChI is InChI=1S/C27H37N7O2/c1-5-21-26(30-19-8-14-36-15-9-19)32-24-20(17-29-27(28-2)25(24)31-21)18-6-7-22(23(16-18)35-4)34-12-10-33(3)11-13-34/h6-7,16-17,19H,5,8-15H2,1-4H3,(H,28,29)(H,30,32). The SMILES string of the molecule is CCc1nc2c(NC)ncc(-c3ccc(N4CCN(C)CC4)c(OC)c3)c2nc1NC1CCOCC1. The minimum atomic E-state index is 0.341. The van der Waals surface area contributed by atoms with Crippen LogP contribution in [-0.2, 0) is 11.2 Å². The lowest BCUT2D eigenvalue weighted by Crippen LogP contribution is -2.44. The average Bonchev–Trinajstić information content (AvgIpc) is 2.92. The maximum atomic E-state index is 5.86. The lowest BCUT2D eigenvalue weighted by molar-refractivity contribution is 0.0903. The van der Waals surface area contributed by atoms with Crippen LogP contribution in [0.5, 0.6) is 5.75 Å². The van der Waals surface area contributed by atoms with Crippen LogP contribution in [0.3, 0.4) is 0 Å². The molecule has 9 heteroatoms. The van der Waals surface area contributed by atoms with Crippen molar-refractivity contribution in [1.29, 1.82) is 0 Å². The number of hydrogen-bond donors (Lipinski definition) is 2. The molecule has 1 aromatic carbocycles. The maximum Gasteiger partial charge on any atom is 0.153 e. The number of likely N-dealkylation sites (N-methyl/N-ethyl adjacent to an activating group) is 1. The minimum Gasteiger partial charge on any atom is -0.495 e. The van der Waals surface area contributed by atoms with E-state index in [2.05, 4.69) is 52.6 Å². The van der Waals surface area contributed by atoms with Gasteiger partial charge in [-0.2, -0.15) is 0 Å². The first-order valence-corrected chi connectivity index (χ1v) is 12.9. The molecule has 0 radical (unpaired) electrons. The second kappa shape index (κ2) is 10.8. The smallest absolute Gasteiger partial charge is 0.153 e. The number of rotatable bonds is 7. The molecule has 2 aliphatic heterocycles. The summed E-state index contributed by atoms with van der Waals surface area (Å²) in [6, 6.07) is 6.75. The van der Waals surface area contributed by atoms with E-state index in [1.54, 1.807) is 7.11 Å². The van der Waals surface area contributed by atoms with E-state index < -0.39 is 0 Å². The van der Waals surface area contributed by atoms with Gasteiger partial charge in [0.05, 0.1) is 18.5 Å². The van der Waals surface area contributed by atoms with E-state index in [-0.39, 0.29) is 0 Å². The molecule has 0 aliphatic carbocycles. The van der Waals surface area contributed by atoms with Crippen molar-refractivity contribution in [3.05, 3.63) is 30.1 Å². The van der Waals surface area contributed by atoms with Crippen molar-refractivity contribution in [2.75, 3.05) is 76.1 Å². The lowest BCUT2D eigenvalue weighted by Gasteiger charge is -2.34. The molecule has 0 amide bonds. The van der Waals surface area contributed by atoms with Gasteiger partial charge in [0.1, 0.15) is 22.6 Å². The van der Waals surface area contributed by atoms with Crippen LogP contribution >= 0.6 is 0 Å². The molecule has 0 atom stereocenters. The topological polar surface area (TPSA) is 87.7 Å². The molecule has 2 aliphatic rings. The van der Waals surface area contributed by atoms with Crippen LogP contribution in [-0.4, -0.2) is 86.5 Å². The number of anilines is 3. The Morgan fingerprint density at radius 1 is 1.06 bits per heavy atom. The molecule has 36 heavy (non-hydrogen) atoms. The van der Waals surface area contributed by atoms with Crippen molar-refractivity contribution in [3.63, 3.8) is 0 Å². The monoisotopic (exact) mass is 491 g/mol. The Hall–Kier alpha value is -3.17. The Labute approximate surface area is 213 Å². The summed E-state index contributed by atoms with van der Waals surface area (Å²) < 4.78 is 11.4. The summed E-state index contributed by atoms with van der Waals surface area (Å²) in [5.74, 6) is 2.45. The molecule has 192 valence electrons. The number of pyridine rings is 1. The third-order valence-corrected chi connectivity index (χ3v) is 7.24. The van der Waals surface area contributed by atoms with Gasteiger partial charge in [0, 0.05) is 64.2 Å². The Kier molecular flexibility index (Phi) is 7.38. The summed E-state index contributed by atoms with van der Waals surface area (Å²) in [6.45, 7) is 7.73. The van der Waals surface area contributed by atoms with Gasteiger partial charge in [-0.05, 0) is 44.0 Å². The van der Waals surface area contributed by atoms with E-state index in [1.165, 1.54) is 0 Å². The number of ether oxygens (including phenoxy) is 2. The molecule has 4 heterocycles. The molecule has 2 aromatic heterocycles. The van der Waals surface area contributed by atoms with Crippen molar-refractivity contribution in [2.45, 2.75) is 32.2 Å². The largest absolute Gasteiger partial charge is 0.495 e. The molecule has 0 spiro atoms. The number of methoxy groups -OCH3 is 1. The molecule has 3 aromatic rings. The summed E-state index contributed by atoms with van der Waals surface area (Å²) >= 11 is 0. The Balaban J connectivity index is 1.57. The van der Waals surface area contributed by atoms with E-state index in [4.69, 9.17) is 24.4 Å².